The molecule has 0 saturated heterocycles. The molecule has 1 unspecified atom stereocenters. The number of nitrogens with zero attached hydrogens (tertiary/aromatic N) is 1. The molecule has 2 N–H and O–H groups in total. The number of fused-ring (bicyclic) bond motifs is 1. The van der Waals surface area contributed by atoms with Crippen LogP contribution in [0.15, 0.2) is 24.3 Å². The minimum absolute atomic E-state index is 0.582. The summed E-state index contributed by atoms with van der Waals surface area (Å²) in [5, 5.41) is 0. The maximum absolute atomic E-state index is 5.61. The topological polar surface area (TPSA) is 29.3 Å². The van der Waals surface area contributed by atoms with Gasteiger partial charge in [-0.05, 0) is 37.4 Å². The van der Waals surface area contributed by atoms with Crippen molar-refractivity contribution in [2.75, 3.05) is 20.1 Å². The number of aryl methyl sites for hydroxylation is 1. The van der Waals surface area contributed by atoms with Crippen molar-refractivity contribution >= 4 is 0 Å². The summed E-state index contributed by atoms with van der Waals surface area (Å²) in [6, 6.07) is 9.40. The smallest absolute Gasteiger partial charge is 0.0348 e. The molecule has 0 radical (unpaired) electrons. The van der Waals surface area contributed by atoms with Crippen molar-refractivity contribution < 1.29 is 0 Å². The Morgan fingerprint density at radius 3 is 3.00 bits per heavy atom. The van der Waals surface area contributed by atoms with Gasteiger partial charge in [-0.2, -0.15) is 0 Å². The van der Waals surface area contributed by atoms with Gasteiger partial charge in [0.05, 0.1) is 0 Å². The maximum atomic E-state index is 5.61. The van der Waals surface area contributed by atoms with Gasteiger partial charge in [-0.25, -0.2) is 0 Å². The van der Waals surface area contributed by atoms with E-state index in [9.17, 15) is 0 Å². The van der Waals surface area contributed by atoms with Crippen molar-refractivity contribution in [3.63, 3.8) is 0 Å². The predicted molar refractivity (Wildman–Crippen MR) is 63.8 cm³/mol. The van der Waals surface area contributed by atoms with E-state index in [1.165, 1.54) is 30.4 Å². The Kier molecular flexibility index (Phi) is 3.39. The average Bonchev–Trinajstić information content (AvgIpc) is 2.28. The third-order valence-electron chi connectivity index (χ3n) is 3.35. The number of nitrogens with two attached hydrogens (primary N) is 1. The van der Waals surface area contributed by atoms with Gasteiger partial charge >= 0.3 is 0 Å². The Bertz CT molecular complexity index is 322. The van der Waals surface area contributed by atoms with Crippen molar-refractivity contribution in [2.24, 2.45) is 5.73 Å². The highest BCUT2D eigenvalue weighted by Gasteiger charge is 2.22. The second kappa shape index (κ2) is 4.77. The SMILES string of the molecule is CN(CCN)C1CCCc2ccccc21. The molecule has 0 saturated carbocycles. The van der Waals surface area contributed by atoms with Crippen molar-refractivity contribution in [2.45, 2.75) is 25.3 Å². The third kappa shape index (κ3) is 2.21. The number of benzene rings is 1. The normalized spacial score (nSPS) is 20.3. The summed E-state index contributed by atoms with van der Waals surface area (Å²) in [6.07, 6.45) is 3.81. The molecule has 15 heavy (non-hydrogen) atoms. The largest absolute Gasteiger partial charge is 0.329 e. The molecule has 0 fully saturated rings. The van der Waals surface area contributed by atoms with E-state index >= 15 is 0 Å². The zero-order chi connectivity index (χ0) is 10.7. The zero-order valence-electron chi connectivity index (χ0n) is 9.45. The number of rotatable bonds is 3. The fourth-order valence-electron chi connectivity index (χ4n) is 2.55. The van der Waals surface area contributed by atoms with E-state index in [2.05, 4.69) is 36.2 Å². The van der Waals surface area contributed by atoms with Crippen LogP contribution in [0.1, 0.15) is 30.0 Å². The van der Waals surface area contributed by atoms with Crippen LogP contribution in [0.2, 0.25) is 0 Å². The van der Waals surface area contributed by atoms with E-state index in [0.29, 0.717) is 6.04 Å². The highest BCUT2D eigenvalue weighted by Crippen LogP contribution is 2.32. The summed E-state index contributed by atoms with van der Waals surface area (Å²) >= 11 is 0. The Morgan fingerprint density at radius 1 is 1.40 bits per heavy atom. The molecule has 1 atom stereocenters. The van der Waals surface area contributed by atoms with Crippen LogP contribution in [0.4, 0.5) is 0 Å². The molecule has 1 aliphatic rings. The van der Waals surface area contributed by atoms with Gasteiger partial charge in [0.2, 0.25) is 0 Å². The Balaban J connectivity index is 2.21. The molecule has 0 aromatic heterocycles. The zero-order valence-corrected chi connectivity index (χ0v) is 9.45. The van der Waals surface area contributed by atoms with Gasteiger partial charge in [-0.15, -0.1) is 0 Å². The van der Waals surface area contributed by atoms with Gasteiger partial charge in [0.25, 0.3) is 0 Å². The van der Waals surface area contributed by atoms with Crippen LogP contribution in [-0.2, 0) is 6.42 Å². The first kappa shape index (κ1) is 10.7. The summed E-state index contributed by atoms with van der Waals surface area (Å²) < 4.78 is 0. The maximum Gasteiger partial charge on any atom is 0.0348 e. The molecule has 1 aliphatic carbocycles. The van der Waals surface area contributed by atoms with Crippen LogP contribution < -0.4 is 5.73 Å². The monoisotopic (exact) mass is 204 g/mol. The number of hydrogen-bond donors (Lipinski definition) is 1. The standard InChI is InChI=1S/C13H20N2/c1-15(10-9-14)13-8-4-6-11-5-2-3-7-12(11)13/h2-3,5,7,13H,4,6,8-10,14H2,1H3. The molecule has 0 aliphatic heterocycles. The van der Waals surface area contributed by atoms with Crippen molar-refractivity contribution in [3.8, 4) is 0 Å². The van der Waals surface area contributed by atoms with E-state index in [1.807, 2.05) is 0 Å². The van der Waals surface area contributed by atoms with E-state index in [1.54, 1.807) is 0 Å². The molecule has 2 rings (SSSR count). The minimum Gasteiger partial charge on any atom is -0.329 e. The lowest BCUT2D eigenvalue weighted by molar-refractivity contribution is 0.227. The van der Waals surface area contributed by atoms with Crippen molar-refractivity contribution in [1.29, 1.82) is 0 Å². The van der Waals surface area contributed by atoms with E-state index < -0.39 is 0 Å². The second-order valence-corrected chi connectivity index (χ2v) is 4.38. The molecule has 2 heteroatoms. The van der Waals surface area contributed by atoms with Gasteiger partial charge in [0, 0.05) is 19.1 Å². The minimum atomic E-state index is 0.582. The molecular weight excluding hydrogens is 184 g/mol. The third-order valence-corrected chi connectivity index (χ3v) is 3.35. The lowest BCUT2D eigenvalue weighted by Gasteiger charge is -2.33. The van der Waals surface area contributed by atoms with E-state index in [0.717, 1.165) is 13.1 Å². The lowest BCUT2D eigenvalue weighted by Crippen LogP contribution is -2.31. The molecule has 82 valence electrons. The molecule has 0 amide bonds. The summed E-state index contributed by atoms with van der Waals surface area (Å²) in [4.78, 5) is 2.39. The van der Waals surface area contributed by atoms with Gasteiger partial charge in [0.15, 0.2) is 0 Å². The Labute approximate surface area is 92.1 Å². The van der Waals surface area contributed by atoms with Crippen LogP contribution in [0.5, 0.6) is 0 Å². The number of likely N-dealkylation sites (N-methyl/N-ethyl adjacent to an activating group) is 1. The molecule has 2 nitrogen and oxygen atoms in total. The summed E-state index contributed by atoms with van der Waals surface area (Å²) in [7, 11) is 2.18. The lowest BCUT2D eigenvalue weighted by atomic mass is 9.87. The first-order valence-corrected chi connectivity index (χ1v) is 5.81. The van der Waals surface area contributed by atoms with E-state index in [4.69, 9.17) is 5.73 Å². The van der Waals surface area contributed by atoms with Gasteiger partial charge in [-0.3, -0.25) is 4.90 Å². The van der Waals surface area contributed by atoms with Crippen LogP contribution in [-0.4, -0.2) is 25.0 Å². The number of hydrogen-bond acceptors (Lipinski definition) is 2. The van der Waals surface area contributed by atoms with Crippen LogP contribution in [0.25, 0.3) is 0 Å². The van der Waals surface area contributed by atoms with E-state index in [-0.39, 0.29) is 0 Å². The van der Waals surface area contributed by atoms with Crippen LogP contribution >= 0.6 is 0 Å². The van der Waals surface area contributed by atoms with Gasteiger partial charge in [0.1, 0.15) is 0 Å². The molecular formula is C13H20N2. The molecule has 0 heterocycles. The summed E-state index contributed by atoms with van der Waals surface area (Å²) in [6.45, 7) is 1.73. The quantitative estimate of drug-likeness (QED) is 0.815. The molecule has 1 aromatic carbocycles. The molecule has 0 bridgehead atoms. The predicted octanol–water partition coefficient (Wildman–Crippen LogP) is 1.95. The highest BCUT2D eigenvalue weighted by molar-refractivity contribution is 5.32. The van der Waals surface area contributed by atoms with Crippen molar-refractivity contribution in [1.82, 2.24) is 4.90 Å². The molecule has 0 spiro atoms. The highest BCUT2D eigenvalue weighted by atomic mass is 15.1. The summed E-state index contributed by atoms with van der Waals surface area (Å²) in [5.41, 5.74) is 8.65. The fraction of sp³-hybridized carbons (Fsp3) is 0.538. The second-order valence-electron chi connectivity index (χ2n) is 4.38. The first-order chi connectivity index (χ1) is 7.33. The van der Waals surface area contributed by atoms with Crippen LogP contribution in [0.3, 0.4) is 0 Å². The Hall–Kier alpha value is -0.860. The average molecular weight is 204 g/mol. The van der Waals surface area contributed by atoms with Crippen LogP contribution in [0, 0.1) is 0 Å². The Morgan fingerprint density at radius 2 is 2.20 bits per heavy atom. The summed E-state index contributed by atoms with van der Waals surface area (Å²) in [5.74, 6) is 0. The first-order valence-electron chi connectivity index (χ1n) is 5.81. The van der Waals surface area contributed by atoms with Crippen molar-refractivity contribution in [3.05, 3.63) is 35.4 Å². The van der Waals surface area contributed by atoms with Gasteiger partial charge < -0.3 is 5.73 Å². The molecule has 1 aromatic rings. The van der Waals surface area contributed by atoms with Gasteiger partial charge in [-0.1, -0.05) is 24.3 Å². The fourth-order valence-corrected chi connectivity index (χ4v) is 2.55.